The van der Waals surface area contributed by atoms with E-state index in [0.29, 0.717) is 16.3 Å². The third kappa shape index (κ3) is 3.89. The molecule has 1 aromatic heterocycles. The Balaban J connectivity index is 1.98. The van der Waals surface area contributed by atoms with Crippen LogP contribution in [0.3, 0.4) is 0 Å². The lowest BCUT2D eigenvalue weighted by atomic mass is 10.2. The van der Waals surface area contributed by atoms with Gasteiger partial charge in [0, 0.05) is 16.3 Å². The van der Waals surface area contributed by atoms with Crippen molar-refractivity contribution in [3.05, 3.63) is 64.4 Å². The molecule has 0 aliphatic carbocycles. The van der Waals surface area contributed by atoms with Crippen LogP contribution in [0.15, 0.2) is 47.6 Å². The summed E-state index contributed by atoms with van der Waals surface area (Å²) < 4.78 is 0. The largest absolute Gasteiger partial charge is 0.271 e. The maximum Gasteiger partial charge on any atom is 0.271 e. The van der Waals surface area contributed by atoms with Gasteiger partial charge in [-0.25, -0.2) is 5.43 Å². The minimum Gasteiger partial charge on any atom is -0.267 e. The van der Waals surface area contributed by atoms with E-state index in [1.165, 1.54) is 6.21 Å². The molecule has 0 aliphatic rings. The number of rotatable bonds is 3. The molecule has 19 heavy (non-hydrogen) atoms. The second kappa shape index (κ2) is 6.11. The molecule has 96 valence electrons. The number of benzene rings is 1. The van der Waals surface area contributed by atoms with E-state index in [1.54, 1.807) is 24.3 Å². The van der Waals surface area contributed by atoms with Gasteiger partial charge in [0.2, 0.25) is 0 Å². The summed E-state index contributed by atoms with van der Waals surface area (Å²) in [6.45, 7) is 1.89. The van der Waals surface area contributed by atoms with E-state index in [-0.39, 0.29) is 5.91 Å². The third-order valence-electron chi connectivity index (χ3n) is 2.38. The number of hydrogen-bond donors (Lipinski definition) is 1. The number of hydrogen-bond acceptors (Lipinski definition) is 3. The molecule has 0 saturated carbocycles. The smallest absolute Gasteiger partial charge is 0.267 e. The maximum absolute atomic E-state index is 11.7. The molecule has 0 spiro atoms. The molecule has 2 rings (SSSR count). The minimum absolute atomic E-state index is 0.291. The summed E-state index contributed by atoms with van der Waals surface area (Å²) in [5.74, 6) is -0.291. The summed E-state index contributed by atoms with van der Waals surface area (Å²) in [5.41, 5.74) is 4.52. The first-order valence-electron chi connectivity index (χ1n) is 5.68. The Morgan fingerprint density at radius 3 is 2.68 bits per heavy atom. The van der Waals surface area contributed by atoms with Crippen molar-refractivity contribution in [1.82, 2.24) is 10.4 Å². The van der Waals surface area contributed by atoms with Gasteiger partial charge in [-0.15, -0.1) is 0 Å². The van der Waals surface area contributed by atoms with Gasteiger partial charge in [-0.2, -0.15) is 5.10 Å². The number of aryl methyl sites for hydroxylation is 1. The third-order valence-corrected chi connectivity index (χ3v) is 2.63. The Morgan fingerprint density at radius 1 is 1.26 bits per heavy atom. The van der Waals surface area contributed by atoms with Gasteiger partial charge in [0.1, 0.15) is 0 Å². The van der Waals surface area contributed by atoms with E-state index in [9.17, 15) is 4.79 Å². The molecular formula is C14H12ClN3O. The van der Waals surface area contributed by atoms with Gasteiger partial charge in [-0.3, -0.25) is 9.78 Å². The Bertz CT molecular complexity index is 608. The molecule has 0 saturated heterocycles. The first kappa shape index (κ1) is 13.2. The van der Waals surface area contributed by atoms with Gasteiger partial charge >= 0.3 is 0 Å². The first-order chi connectivity index (χ1) is 9.15. The van der Waals surface area contributed by atoms with Crippen LogP contribution in [0.4, 0.5) is 0 Å². The van der Waals surface area contributed by atoms with Crippen LogP contribution >= 0.6 is 11.6 Å². The summed E-state index contributed by atoms with van der Waals surface area (Å²) in [7, 11) is 0. The molecule has 0 bridgehead atoms. The lowest BCUT2D eigenvalue weighted by molar-refractivity contribution is 0.0955. The summed E-state index contributed by atoms with van der Waals surface area (Å²) in [5, 5.41) is 4.45. The first-order valence-corrected chi connectivity index (χ1v) is 6.05. The van der Waals surface area contributed by atoms with E-state index >= 15 is 0 Å². The zero-order valence-electron chi connectivity index (χ0n) is 10.3. The molecule has 0 unspecified atom stereocenters. The number of halogens is 1. The number of carbonyl (C=O) groups is 1. The predicted octanol–water partition coefficient (Wildman–Crippen LogP) is 2.81. The van der Waals surface area contributed by atoms with Gasteiger partial charge in [0.05, 0.1) is 11.9 Å². The molecule has 1 heterocycles. The molecule has 0 radical (unpaired) electrons. The lowest BCUT2D eigenvalue weighted by Crippen LogP contribution is -2.17. The topological polar surface area (TPSA) is 54.4 Å². The standard InChI is InChI=1S/C14H12ClN3O/c1-10-3-2-4-13(17-10)9-16-18-14(19)11-5-7-12(15)8-6-11/h2-9H,1H3,(H,18,19)/b16-9+. The van der Waals surface area contributed by atoms with Gasteiger partial charge < -0.3 is 0 Å². The highest BCUT2D eigenvalue weighted by Crippen LogP contribution is 2.09. The van der Waals surface area contributed by atoms with Crippen molar-refractivity contribution in [2.24, 2.45) is 5.10 Å². The average molecular weight is 274 g/mol. The lowest BCUT2D eigenvalue weighted by Gasteiger charge is -1.99. The van der Waals surface area contributed by atoms with Gasteiger partial charge in [0.15, 0.2) is 0 Å². The molecule has 1 N–H and O–H groups in total. The fourth-order valence-corrected chi connectivity index (χ4v) is 1.58. The molecular weight excluding hydrogens is 262 g/mol. The normalized spacial score (nSPS) is 10.6. The van der Waals surface area contributed by atoms with E-state index in [2.05, 4.69) is 15.5 Å². The quantitative estimate of drug-likeness (QED) is 0.691. The molecule has 1 amide bonds. The predicted molar refractivity (Wildman–Crippen MR) is 75.5 cm³/mol. The fourth-order valence-electron chi connectivity index (χ4n) is 1.46. The van der Waals surface area contributed by atoms with Crippen LogP contribution < -0.4 is 5.43 Å². The van der Waals surface area contributed by atoms with Crippen molar-refractivity contribution < 1.29 is 4.79 Å². The number of pyridine rings is 1. The zero-order valence-corrected chi connectivity index (χ0v) is 11.1. The number of nitrogens with zero attached hydrogens (tertiary/aromatic N) is 2. The summed E-state index contributed by atoms with van der Waals surface area (Å²) in [6, 6.07) is 12.2. The zero-order chi connectivity index (χ0) is 13.7. The molecule has 5 heteroatoms. The molecule has 0 fully saturated rings. The van der Waals surface area contributed by atoms with E-state index in [0.717, 1.165) is 5.69 Å². The Labute approximate surface area is 116 Å². The van der Waals surface area contributed by atoms with Gasteiger partial charge in [-0.1, -0.05) is 17.7 Å². The molecule has 0 atom stereocenters. The van der Waals surface area contributed by atoms with Crippen molar-refractivity contribution in [1.29, 1.82) is 0 Å². The Hall–Kier alpha value is -2.20. The minimum atomic E-state index is -0.291. The van der Waals surface area contributed by atoms with Crippen molar-refractivity contribution in [2.45, 2.75) is 6.92 Å². The molecule has 2 aromatic rings. The number of hydrazone groups is 1. The highest BCUT2D eigenvalue weighted by molar-refractivity contribution is 6.30. The number of carbonyl (C=O) groups excluding carboxylic acids is 1. The van der Waals surface area contributed by atoms with Crippen molar-refractivity contribution in [2.75, 3.05) is 0 Å². The molecule has 4 nitrogen and oxygen atoms in total. The summed E-state index contributed by atoms with van der Waals surface area (Å²) in [4.78, 5) is 16.0. The van der Waals surface area contributed by atoms with E-state index < -0.39 is 0 Å². The highest BCUT2D eigenvalue weighted by Gasteiger charge is 2.02. The van der Waals surface area contributed by atoms with Crippen LogP contribution in [0.2, 0.25) is 5.02 Å². The van der Waals surface area contributed by atoms with E-state index in [1.807, 2.05) is 25.1 Å². The molecule has 0 aliphatic heterocycles. The Kier molecular flexibility index (Phi) is 4.26. The van der Waals surface area contributed by atoms with Crippen LogP contribution in [0.1, 0.15) is 21.7 Å². The van der Waals surface area contributed by atoms with Gasteiger partial charge in [-0.05, 0) is 43.3 Å². The van der Waals surface area contributed by atoms with Crippen molar-refractivity contribution in [3.8, 4) is 0 Å². The van der Waals surface area contributed by atoms with Crippen LogP contribution in [0.25, 0.3) is 0 Å². The second-order valence-electron chi connectivity index (χ2n) is 3.91. The monoisotopic (exact) mass is 273 g/mol. The van der Waals surface area contributed by atoms with Crippen molar-refractivity contribution in [3.63, 3.8) is 0 Å². The average Bonchev–Trinajstić information content (AvgIpc) is 2.39. The number of nitrogens with one attached hydrogen (secondary N) is 1. The van der Waals surface area contributed by atoms with Crippen LogP contribution in [0.5, 0.6) is 0 Å². The summed E-state index contributed by atoms with van der Waals surface area (Å²) in [6.07, 6.45) is 1.50. The number of aromatic nitrogens is 1. The SMILES string of the molecule is Cc1cccc(/C=N/NC(=O)c2ccc(Cl)cc2)n1. The molecule has 1 aromatic carbocycles. The Morgan fingerprint density at radius 2 is 2.00 bits per heavy atom. The maximum atomic E-state index is 11.7. The van der Waals surface area contributed by atoms with Crippen LogP contribution in [-0.2, 0) is 0 Å². The summed E-state index contributed by atoms with van der Waals surface area (Å²) >= 11 is 5.75. The van der Waals surface area contributed by atoms with Gasteiger partial charge in [0.25, 0.3) is 5.91 Å². The highest BCUT2D eigenvalue weighted by atomic mass is 35.5. The van der Waals surface area contributed by atoms with Crippen LogP contribution in [-0.4, -0.2) is 17.1 Å². The fraction of sp³-hybridized carbons (Fsp3) is 0.0714. The van der Waals surface area contributed by atoms with E-state index in [4.69, 9.17) is 11.6 Å². The number of amides is 1. The van der Waals surface area contributed by atoms with Crippen LogP contribution in [0, 0.1) is 6.92 Å². The van der Waals surface area contributed by atoms with Crippen molar-refractivity contribution >= 4 is 23.7 Å². The second-order valence-corrected chi connectivity index (χ2v) is 4.35.